The molecule has 64 heavy (non-hydrogen) atoms. The Morgan fingerprint density at radius 3 is 1.08 bits per heavy atom. The van der Waals surface area contributed by atoms with E-state index in [-0.39, 0.29) is 0 Å². The lowest BCUT2D eigenvalue weighted by Crippen LogP contribution is -2.12. The number of para-hydroxylation sites is 4. The summed E-state index contributed by atoms with van der Waals surface area (Å²) < 4.78 is 13.7. The van der Waals surface area contributed by atoms with Crippen LogP contribution in [-0.2, 0) is 0 Å². The Kier molecular flexibility index (Phi) is 9.25. The maximum absolute atomic E-state index is 6.86. The second kappa shape index (κ2) is 15.1. The zero-order chi connectivity index (χ0) is 44.0. The molecule has 12 aromatic rings. The van der Waals surface area contributed by atoms with Crippen LogP contribution in [0.25, 0.3) is 76.2 Å². The first-order valence-corrected chi connectivity index (χ1v) is 22.5. The first-order valence-electron chi connectivity index (χ1n) is 22.5. The third-order valence-electron chi connectivity index (χ3n) is 13.5. The van der Waals surface area contributed by atoms with Crippen LogP contribution in [-0.4, -0.2) is 0 Å². The van der Waals surface area contributed by atoms with Crippen molar-refractivity contribution in [3.63, 3.8) is 0 Å². The molecular formula is C60H50N2O2. The molecule has 0 saturated carbocycles. The van der Waals surface area contributed by atoms with Gasteiger partial charge in [-0.1, -0.05) is 123 Å². The minimum absolute atomic E-state index is 0.877. The van der Waals surface area contributed by atoms with Crippen molar-refractivity contribution in [1.29, 1.82) is 0 Å². The molecule has 4 nitrogen and oxygen atoms in total. The van der Waals surface area contributed by atoms with Crippen LogP contribution in [0.4, 0.5) is 34.1 Å². The quantitative estimate of drug-likeness (QED) is 0.156. The molecule has 0 spiro atoms. The highest BCUT2D eigenvalue weighted by molar-refractivity contribution is 6.28. The molecule has 0 aliphatic heterocycles. The van der Waals surface area contributed by atoms with Crippen LogP contribution < -0.4 is 9.80 Å². The van der Waals surface area contributed by atoms with Gasteiger partial charge in [0.2, 0.25) is 0 Å². The van der Waals surface area contributed by atoms with E-state index in [0.29, 0.717) is 0 Å². The summed E-state index contributed by atoms with van der Waals surface area (Å²) in [5.41, 5.74) is 17.2. The van der Waals surface area contributed by atoms with Crippen molar-refractivity contribution >= 4 is 110 Å². The van der Waals surface area contributed by atoms with Crippen molar-refractivity contribution < 1.29 is 8.83 Å². The van der Waals surface area contributed by atoms with Crippen LogP contribution in [0.5, 0.6) is 0 Å². The number of aryl methyl sites for hydroxylation is 6. The standard InChI is InChI=1S/C58H44N2O2.C2H6/c1-33-19-25-41(31-37(33)5)59(51-17-9-15-45-43-13-7-11-35(3)55(43)61-57(45)51)49-29-23-39-22-28-48-50(30-24-40-21-27-47(49)53(39)54(40)48)60(42-26-20-34(2)38(6)32-42)52-18-10-16-46-44-14-8-12-36(4)56(44)62-58(46)52;1-2/h7-32H,1-6H3;1-2H3. The second-order valence-corrected chi connectivity index (χ2v) is 17.2. The van der Waals surface area contributed by atoms with Crippen molar-refractivity contribution in [2.75, 3.05) is 9.80 Å². The number of rotatable bonds is 6. The number of anilines is 6. The van der Waals surface area contributed by atoms with Gasteiger partial charge in [0, 0.05) is 43.7 Å². The van der Waals surface area contributed by atoms with Gasteiger partial charge in [-0.2, -0.15) is 0 Å². The van der Waals surface area contributed by atoms with Gasteiger partial charge in [-0.3, -0.25) is 0 Å². The summed E-state index contributed by atoms with van der Waals surface area (Å²) in [7, 11) is 0. The zero-order valence-electron chi connectivity index (χ0n) is 37.7. The Hall–Kier alpha value is -7.56. The Morgan fingerprint density at radius 1 is 0.297 bits per heavy atom. The first-order chi connectivity index (χ1) is 31.2. The average molecular weight is 831 g/mol. The molecule has 0 unspecified atom stereocenters. The minimum Gasteiger partial charge on any atom is -0.454 e. The highest BCUT2D eigenvalue weighted by atomic mass is 16.3. The van der Waals surface area contributed by atoms with Crippen molar-refractivity contribution in [3.05, 3.63) is 191 Å². The first kappa shape index (κ1) is 39.3. The number of nitrogens with zero attached hydrogens (tertiary/aromatic N) is 2. The fourth-order valence-corrected chi connectivity index (χ4v) is 9.95. The van der Waals surface area contributed by atoms with Crippen molar-refractivity contribution in [2.45, 2.75) is 55.4 Å². The van der Waals surface area contributed by atoms with E-state index in [9.17, 15) is 0 Å². The molecule has 312 valence electrons. The summed E-state index contributed by atoms with van der Waals surface area (Å²) in [6.45, 7) is 17.0. The summed E-state index contributed by atoms with van der Waals surface area (Å²) in [6.07, 6.45) is 0. The number of fused-ring (bicyclic) bond motifs is 6. The van der Waals surface area contributed by atoms with Crippen LogP contribution in [0.2, 0.25) is 0 Å². The number of benzene rings is 10. The molecule has 12 rings (SSSR count). The second-order valence-electron chi connectivity index (χ2n) is 17.2. The van der Waals surface area contributed by atoms with Gasteiger partial charge in [0.05, 0.1) is 22.7 Å². The topological polar surface area (TPSA) is 32.8 Å². The third kappa shape index (κ3) is 5.89. The molecule has 2 heterocycles. The molecule has 2 aromatic heterocycles. The van der Waals surface area contributed by atoms with Gasteiger partial charge in [0.25, 0.3) is 0 Å². The molecule has 0 amide bonds. The maximum atomic E-state index is 6.86. The molecule has 0 N–H and O–H groups in total. The molecule has 0 aliphatic rings. The Balaban J connectivity index is 0.00000225. The van der Waals surface area contributed by atoms with Crippen LogP contribution in [0.15, 0.2) is 167 Å². The summed E-state index contributed by atoms with van der Waals surface area (Å²) in [6, 6.07) is 57.9. The lowest BCUT2D eigenvalue weighted by Gasteiger charge is -2.29. The Bertz CT molecular complexity index is 3540. The van der Waals surface area contributed by atoms with E-state index in [1.165, 1.54) is 54.6 Å². The van der Waals surface area contributed by atoms with Gasteiger partial charge in [-0.25, -0.2) is 0 Å². The van der Waals surface area contributed by atoms with Crippen LogP contribution >= 0.6 is 0 Å². The highest BCUT2D eigenvalue weighted by Crippen LogP contribution is 2.50. The van der Waals surface area contributed by atoms with E-state index in [1.54, 1.807) is 0 Å². The van der Waals surface area contributed by atoms with Gasteiger partial charge in [-0.15, -0.1) is 0 Å². The van der Waals surface area contributed by atoms with Gasteiger partial charge < -0.3 is 18.6 Å². The summed E-state index contributed by atoms with van der Waals surface area (Å²) in [5.74, 6) is 0. The van der Waals surface area contributed by atoms with E-state index in [1.807, 2.05) is 13.8 Å². The summed E-state index contributed by atoms with van der Waals surface area (Å²) >= 11 is 0. The molecule has 0 fully saturated rings. The molecular weight excluding hydrogens is 781 g/mol. The van der Waals surface area contributed by atoms with E-state index < -0.39 is 0 Å². The fourth-order valence-electron chi connectivity index (χ4n) is 9.95. The van der Waals surface area contributed by atoms with Gasteiger partial charge in [-0.05, 0) is 145 Å². The monoisotopic (exact) mass is 830 g/mol. The van der Waals surface area contributed by atoms with Crippen LogP contribution in [0, 0.1) is 41.5 Å². The highest BCUT2D eigenvalue weighted by Gasteiger charge is 2.26. The SMILES string of the molecule is CC.Cc1ccc(N(c2ccc3ccc4c(N(c5ccc(C)c(C)c5)c5cccc6c5oc5c(C)cccc56)ccc5ccc2c3c54)c2cccc3c2oc2c(C)cccc23)cc1C. The van der Waals surface area contributed by atoms with Gasteiger partial charge >= 0.3 is 0 Å². The van der Waals surface area contributed by atoms with Crippen LogP contribution in [0.3, 0.4) is 0 Å². The van der Waals surface area contributed by atoms with E-state index in [4.69, 9.17) is 8.83 Å². The Labute approximate surface area is 373 Å². The van der Waals surface area contributed by atoms with Crippen LogP contribution in [0.1, 0.15) is 47.2 Å². The molecule has 10 aromatic carbocycles. The Morgan fingerprint density at radius 2 is 0.672 bits per heavy atom. The fraction of sp³-hybridized carbons (Fsp3) is 0.133. The zero-order valence-corrected chi connectivity index (χ0v) is 37.7. The lowest BCUT2D eigenvalue weighted by molar-refractivity contribution is 0.665. The van der Waals surface area contributed by atoms with Crippen molar-refractivity contribution in [3.8, 4) is 0 Å². The van der Waals surface area contributed by atoms with Crippen molar-refractivity contribution in [1.82, 2.24) is 0 Å². The predicted molar refractivity (Wildman–Crippen MR) is 274 cm³/mol. The number of furan rings is 2. The van der Waals surface area contributed by atoms with Gasteiger partial charge in [0.15, 0.2) is 11.2 Å². The predicted octanol–water partition coefficient (Wildman–Crippen LogP) is 18.2. The average Bonchev–Trinajstić information content (AvgIpc) is 3.91. The van der Waals surface area contributed by atoms with Crippen molar-refractivity contribution in [2.24, 2.45) is 0 Å². The molecule has 0 atom stereocenters. The lowest BCUT2D eigenvalue weighted by atomic mass is 9.91. The summed E-state index contributed by atoms with van der Waals surface area (Å²) in [4.78, 5) is 4.82. The molecule has 0 radical (unpaired) electrons. The van der Waals surface area contributed by atoms with Gasteiger partial charge in [0.1, 0.15) is 11.2 Å². The molecule has 0 bridgehead atoms. The summed E-state index contributed by atoms with van der Waals surface area (Å²) in [5, 5.41) is 11.7. The number of hydrogen-bond acceptors (Lipinski definition) is 4. The molecule has 0 aliphatic carbocycles. The van der Waals surface area contributed by atoms with E-state index in [2.05, 4.69) is 209 Å². The number of hydrogen-bond donors (Lipinski definition) is 0. The van der Waals surface area contributed by atoms with E-state index >= 15 is 0 Å². The minimum atomic E-state index is 0.877. The largest absolute Gasteiger partial charge is 0.454 e. The molecule has 4 heteroatoms. The normalized spacial score (nSPS) is 11.8. The molecule has 0 saturated heterocycles. The van der Waals surface area contributed by atoms with E-state index in [0.717, 1.165) is 89.1 Å². The smallest absolute Gasteiger partial charge is 0.159 e. The third-order valence-corrected chi connectivity index (χ3v) is 13.5. The maximum Gasteiger partial charge on any atom is 0.159 e.